The highest BCUT2D eigenvalue weighted by Gasteiger charge is 2.20. The first kappa shape index (κ1) is 15.4. The van der Waals surface area contributed by atoms with Crippen molar-refractivity contribution in [3.63, 3.8) is 0 Å². The van der Waals surface area contributed by atoms with Gasteiger partial charge < -0.3 is 14.2 Å². The second-order valence-electron chi connectivity index (χ2n) is 3.53. The molecule has 20 heavy (non-hydrogen) atoms. The molecule has 6 heteroatoms. The highest BCUT2D eigenvalue weighted by atomic mass is 16.5. The Bertz CT molecular complexity index is 534. The fourth-order valence-corrected chi connectivity index (χ4v) is 1.33. The van der Waals surface area contributed by atoms with Crippen LogP contribution in [0, 0.1) is 0 Å². The number of ether oxygens (including phenoxy) is 3. The van der Waals surface area contributed by atoms with Crippen molar-refractivity contribution in [1.82, 2.24) is 0 Å². The maximum atomic E-state index is 11.7. The molecular weight excluding hydrogens is 262 g/mol. The van der Waals surface area contributed by atoms with Crippen LogP contribution < -0.4 is 0 Å². The van der Waals surface area contributed by atoms with Gasteiger partial charge in [0.05, 0.1) is 27.0 Å². The van der Waals surface area contributed by atoms with Crippen LogP contribution in [0.3, 0.4) is 0 Å². The minimum absolute atomic E-state index is 0.0338. The van der Waals surface area contributed by atoms with E-state index in [0.717, 1.165) is 6.08 Å². The first-order valence-electron chi connectivity index (χ1n) is 5.68. The molecule has 6 nitrogen and oxygen atoms in total. The summed E-state index contributed by atoms with van der Waals surface area (Å²) in [4.78, 5) is 27.1. The Morgan fingerprint density at radius 2 is 1.65 bits per heavy atom. The molecule has 0 saturated heterocycles. The lowest BCUT2D eigenvalue weighted by molar-refractivity contribution is -0.138. The third-order valence-corrected chi connectivity index (χ3v) is 2.28. The number of nitrogens with zero attached hydrogens (tertiary/aromatic N) is 1. The second-order valence-corrected chi connectivity index (χ2v) is 3.53. The molecule has 1 aromatic rings. The first-order valence-corrected chi connectivity index (χ1v) is 5.68. The van der Waals surface area contributed by atoms with E-state index in [1.807, 2.05) is 6.07 Å². The molecule has 0 aromatic heterocycles. The minimum Gasteiger partial charge on any atom is -0.480 e. The number of methoxy groups -OCH3 is 3. The zero-order chi connectivity index (χ0) is 15.0. The van der Waals surface area contributed by atoms with Crippen LogP contribution >= 0.6 is 0 Å². The van der Waals surface area contributed by atoms with Gasteiger partial charge in [0.2, 0.25) is 5.90 Å². The van der Waals surface area contributed by atoms with E-state index in [9.17, 15) is 9.59 Å². The molecule has 1 rings (SSSR count). The van der Waals surface area contributed by atoms with E-state index in [4.69, 9.17) is 4.74 Å². The molecule has 0 bridgehead atoms. The predicted molar refractivity (Wildman–Crippen MR) is 72.7 cm³/mol. The zero-order valence-corrected chi connectivity index (χ0v) is 11.5. The number of carbonyl (C=O) groups excluding carboxylic acids is 2. The third kappa shape index (κ3) is 4.24. The van der Waals surface area contributed by atoms with Crippen LogP contribution in [0.15, 0.2) is 47.0 Å². The minimum atomic E-state index is -0.744. The fourth-order valence-electron chi connectivity index (χ4n) is 1.33. The average molecular weight is 277 g/mol. The monoisotopic (exact) mass is 277 g/mol. The summed E-state index contributed by atoms with van der Waals surface area (Å²) in [6.07, 6.45) is 0.969. The maximum Gasteiger partial charge on any atom is 0.343 e. The molecular formula is C14H15NO5. The first-order chi connectivity index (χ1) is 9.62. The average Bonchev–Trinajstić information content (AvgIpc) is 2.50. The lowest BCUT2D eigenvalue weighted by atomic mass is 10.2. The van der Waals surface area contributed by atoms with E-state index < -0.39 is 11.9 Å². The smallest absolute Gasteiger partial charge is 0.343 e. The number of rotatable bonds is 4. The summed E-state index contributed by atoms with van der Waals surface area (Å²) in [5.74, 6) is -1.48. The fraction of sp³-hybridized carbons (Fsp3) is 0.214. The number of carbonyl (C=O) groups is 2. The van der Waals surface area contributed by atoms with E-state index in [2.05, 4.69) is 14.5 Å². The molecule has 0 aliphatic carbocycles. The van der Waals surface area contributed by atoms with Crippen LogP contribution in [0.1, 0.15) is 0 Å². The number of para-hydroxylation sites is 1. The summed E-state index contributed by atoms with van der Waals surface area (Å²) >= 11 is 0. The van der Waals surface area contributed by atoms with Crippen LogP contribution in [0.2, 0.25) is 0 Å². The normalized spacial score (nSPS) is 11.8. The van der Waals surface area contributed by atoms with Crippen molar-refractivity contribution in [2.75, 3.05) is 21.3 Å². The topological polar surface area (TPSA) is 74.2 Å². The molecule has 0 amide bonds. The molecule has 0 N–H and O–H groups in total. The molecule has 1 aromatic carbocycles. The Balaban J connectivity index is 3.22. The van der Waals surface area contributed by atoms with Gasteiger partial charge in [0.15, 0.2) is 0 Å². The van der Waals surface area contributed by atoms with Gasteiger partial charge in [0.25, 0.3) is 0 Å². The Morgan fingerprint density at radius 3 is 2.15 bits per heavy atom. The van der Waals surface area contributed by atoms with Crippen molar-refractivity contribution in [2.24, 2.45) is 4.99 Å². The summed E-state index contributed by atoms with van der Waals surface area (Å²) in [5.41, 5.74) is 0.453. The van der Waals surface area contributed by atoms with Gasteiger partial charge in [-0.15, -0.1) is 0 Å². The van der Waals surface area contributed by atoms with Crippen molar-refractivity contribution < 1.29 is 23.8 Å². The van der Waals surface area contributed by atoms with Crippen molar-refractivity contribution in [3.8, 4) is 0 Å². The molecule has 0 saturated carbocycles. The van der Waals surface area contributed by atoms with Gasteiger partial charge in [-0.2, -0.15) is 0 Å². The molecule has 0 fully saturated rings. The van der Waals surface area contributed by atoms with E-state index >= 15 is 0 Å². The molecule has 0 aliphatic rings. The summed E-state index contributed by atoms with van der Waals surface area (Å²) in [6.45, 7) is 0. The van der Waals surface area contributed by atoms with Gasteiger partial charge in [-0.25, -0.2) is 14.6 Å². The van der Waals surface area contributed by atoms with Gasteiger partial charge in [0.1, 0.15) is 5.57 Å². The Labute approximate surface area is 116 Å². The third-order valence-electron chi connectivity index (χ3n) is 2.28. The van der Waals surface area contributed by atoms with E-state index in [-0.39, 0.29) is 11.5 Å². The van der Waals surface area contributed by atoms with Crippen LogP contribution in [0.5, 0.6) is 0 Å². The van der Waals surface area contributed by atoms with Gasteiger partial charge >= 0.3 is 11.9 Å². The molecule has 0 atom stereocenters. The van der Waals surface area contributed by atoms with Crippen LogP contribution in [-0.4, -0.2) is 39.2 Å². The number of aliphatic imine (C=N–C) groups is 1. The Hall–Kier alpha value is -2.63. The number of esters is 2. The van der Waals surface area contributed by atoms with Crippen LogP contribution in [-0.2, 0) is 23.8 Å². The van der Waals surface area contributed by atoms with Crippen molar-refractivity contribution in [1.29, 1.82) is 0 Å². The molecule has 106 valence electrons. The van der Waals surface area contributed by atoms with Gasteiger partial charge in [-0.05, 0) is 12.1 Å². The van der Waals surface area contributed by atoms with Crippen LogP contribution in [0.25, 0.3) is 0 Å². The van der Waals surface area contributed by atoms with Gasteiger partial charge in [-0.3, -0.25) is 0 Å². The lowest BCUT2D eigenvalue weighted by Crippen LogP contribution is -2.18. The highest BCUT2D eigenvalue weighted by molar-refractivity contribution is 6.19. The summed E-state index contributed by atoms with van der Waals surface area (Å²) in [6, 6.07) is 8.86. The highest BCUT2D eigenvalue weighted by Crippen LogP contribution is 2.14. The van der Waals surface area contributed by atoms with Crippen molar-refractivity contribution in [3.05, 3.63) is 42.0 Å². The lowest BCUT2D eigenvalue weighted by Gasteiger charge is -2.07. The Morgan fingerprint density at radius 1 is 1.00 bits per heavy atom. The molecule has 0 aliphatic heterocycles. The summed E-state index contributed by atoms with van der Waals surface area (Å²) in [7, 11) is 3.74. The van der Waals surface area contributed by atoms with E-state index in [0.29, 0.717) is 5.69 Å². The second kappa shape index (κ2) is 7.73. The molecule has 0 unspecified atom stereocenters. The van der Waals surface area contributed by atoms with Gasteiger partial charge in [0, 0.05) is 6.08 Å². The van der Waals surface area contributed by atoms with Gasteiger partial charge in [-0.1, -0.05) is 18.2 Å². The SMILES string of the molecule is COC(=O)/C=C(/C(=O)OC)C(=Nc1ccccc1)OC. The predicted octanol–water partition coefficient (Wildman–Crippen LogP) is 1.64. The number of hydrogen-bond donors (Lipinski definition) is 0. The van der Waals surface area contributed by atoms with Crippen molar-refractivity contribution >= 4 is 23.5 Å². The van der Waals surface area contributed by atoms with Crippen LogP contribution in [0.4, 0.5) is 5.69 Å². The molecule has 0 heterocycles. The zero-order valence-electron chi connectivity index (χ0n) is 11.5. The van der Waals surface area contributed by atoms with E-state index in [1.165, 1.54) is 21.3 Å². The Kier molecular flexibility index (Phi) is 5.96. The molecule has 0 radical (unpaired) electrons. The number of benzene rings is 1. The number of hydrogen-bond acceptors (Lipinski definition) is 6. The van der Waals surface area contributed by atoms with E-state index in [1.54, 1.807) is 24.3 Å². The van der Waals surface area contributed by atoms with Crippen molar-refractivity contribution in [2.45, 2.75) is 0 Å². The summed E-state index contributed by atoms with van der Waals surface area (Å²) in [5, 5.41) is 0. The standard InChI is InChI=1S/C14H15NO5/c1-18-12(16)9-11(14(17)20-3)13(19-2)15-10-7-5-4-6-8-10/h4-9H,1-3H3/b11-9+,15-13?. The quantitative estimate of drug-likeness (QED) is 0.362. The molecule has 0 spiro atoms. The largest absolute Gasteiger partial charge is 0.480 e. The summed E-state index contributed by atoms with van der Waals surface area (Å²) < 4.78 is 14.1. The maximum absolute atomic E-state index is 11.7.